The molecule has 2 aromatic heterocycles. The molecule has 1 amide bonds. The van der Waals surface area contributed by atoms with Crippen molar-refractivity contribution in [2.45, 2.75) is 6.92 Å². The van der Waals surface area contributed by atoms with Gasteiger partial charge in [0, 0.05) is 23.2 Å². The van der Waals surface area contributed by atoms with Crippen molar-refractivity contribution < 1.29 is 14.6 Å². The summed E-state index contributed by atoms with van der Waals surface area (Å²) in [7, 11) is 1.52. The normalized spacial score (nSPS) is 11.4. The van der Waals surface area contributed by atoms with Gasteiger partial charge in [-0.2, -0.15) is 5.10 Å². The number of nitrogens with zero attached hydrogens (tertiary/aromatic N) is 3. The number of ether oxygens (including phenoxy) is 1. The van der Waals surface area contributed by atoms with Gasteiger partial charge in [-0.25, -0.2) is 10.4 Å². The molecule has 0 saturated carbocycles. The molecule has 4 rings (SSSR count). The van der Waals surface area contributed by atoms with E-state index in [1.807, 2.05) is 42.5 Å². The van der Waals surface area contributed by atoms with Crippen molar-refractivity contribution in [3.8, 4) is 22.9 Å². The summed E-state index contributed by atoms with van der Waals surface area (Å²) in [6.45, 7) is 1.70. The number of phenolic OH excluding ortho intramolecular Hbond substituents is 1. The van der Waals surface area contributed by atoms with E-state index < -0.39 is 0 Å². The molecule has 0 fully saturated rings. The third kappa shape index (κ3) is 4.20. The van der Waals surface area contributed by atoms with Crippen LogP contribution in [0.3, 0.4) is 0 Å². The molecular weight excluding hydrogens is 392 g/mol. The number of carbonyl (C=O) groups excluding carboxylic acids is 1. The van der Waals surface area contributed by atoms with Gasteiger partial charge >= 0.3 is 0 Å². The molecular formula is C24H20N4O3. The number of fused-ring (bicyclic) bond motifs is 1. The van der Waals surface area contributed by atoms with Crippen molar-refractivity contribution in [1.82, 2.24) is 15.4 Å². The second kappa shape index (κ2) is 8.62. The molecule has 0 radical (unpaired) electrons. The Labute approximate surface area is 179 Å². The van der Waals surface area contributed by atoms with Crippen LogP contribution in [0.1, 0.15) is 22.8 Å². The molecule has 0 unspecified atom stereocenters. The molecule has 0 spiro atoms. The number of hydrogen-bond acceptors (Lipinski definition) is 6. The van der Waals surface area contributed by atoms with E-state index in [1.54, 1.807) is 31.3 Å². The van der Waals surface area contributed by atoms with E-state index in [0.717, 1.165) is 0 Å². The molecule has 0 aliphatic heterocycles. The Bertz CT molecular complexity index is 1290. The third-order valence-electron chi connectivity index (χ3n) is 4.81. The van der Waals surface area contributed by atoms with Crippen LogP contribution < -0.4 is 10.2 Å². The molecule has 7 heteroatoms. The minimum absolute atomic E-state index is 0.0154. The zero-order valence-corrected chi connectivity index (χ0v) is 17.0. The van der Waals surface area contributed by atoms with Gasteiger partial charge in [0.15, 0.2) is 0 Å². The van der Waals surface area contributed by atoms with Crippen molar-refractivity contribution in [3.05, 3.63) is 84.1 Å². The number of carbonyl (C=O) groups is 1. The van der Waals surface area contributed by atoms with Crippen LogP contribution in [0.5, 0.6) is 11.5 Å². The lowest BCUT2D eigenvalue weighted by Gasteiger charge is -2.10. The number of rotatable bonds is 5. The molecule has 2 aromatic carbocycles. The zero-order valence-electron chi connectivity index (χ0n) is 17.0. The highest BCUT2D eigenvalue weighted by Gasteiger charge is 2.15. The average Bonchev–Trinajstić information content (AvgIpc) is 2.82. The van der Waals surface area contributed by atoms with Gasteiger partial charge in [-0.3, -0.25) is 9.78 Å². The van der Waals surface area contributed by atoms with Gasteiger partial charge < -0.3 is 9.84 Å². The molecule has 7 nitrogen and oxygen atoms in total. The van der Waals surface area contributed by atoms with Gasteiger partial charge in [-0.1, -0.05) is 24.3 Å². The van der Waals surface area contributed by atoms with E-state index in [9.17, 15) is 9.90 Å². The Morgan fingerprint density at radius 3 is 2.55 bits per heavy atom. The summed E-state index contributed by atoms with van der Waals surface area (Å²) in [5, 5.41) is 15.1. The molecule has 0 bridgehead atoms. The molecule has 31 heavy (non-hydrogen) atoms. The minimum atomic E-state index is -0.386. The lowest BCUT2D eigenvalue weighted by Crippen LogP contribution is -2.20. The fraction of sp³-hybridized carbons (Fsp3) is 0.0833. The number of phenols is 1. The van der Waals surface area contributed by atoms with Crippen LogP contribution in [0.15, 0.2) is 78.0 Å². The van der Waals surface area contributed by atoms with E-state index in [2.05, 4.69) is 20.5 Å². The predicted molar refractivity (Wildman–Crippen MR) is 119 cm³/mol. The molecule has 0 atom stereocenters. The number of aromatic hydroxyl groups is 1. The summed E-state index contributed by atoms with van der Waals surface area (Å²) in [5.41, 5.74) is 5.92. The van der Waals surface area contributed by atoms with Gasteiger partial charge in [0.05, 0.1) is 35.3 Å². The highest BCUT2D eigenvalue weighted by atomic mass is 16.5. The van der Waals surface area contributed by atoms with Gasteiger partial charge in [-0.05, 0) is 43.3 Å². The summed E-state index contributed by atoms with van der Waals surface area (Å²) < 4.78 is 5.09. The van der Waals surface area contributed by atoms with Gasteiger partial charge in [-0.15, -0.1) is 0 Å². The average molecular weight is 412 g/mol. The lowest BCUT2D eigenvalue weighted by molar-refractivity contribution is 0.0956. The predicted octanol–water partition coefficient (Wildman–Crippen LogP) is 4.17. The van der Waals surface area contributed by atoms with E-state index >= 15 is 0 Å². The molecule has 0 saturated heterocycles. The fourth-order valence-corrected chi connectivity index (χ4v) is 3.21. The van der Waals surface area contributed by atoms with Crippen LogP contribution in [0.25, 0.3) is 22.3 Å². The van der Waals surface area contributed by atoms with Crippen LogP contribution in [0.4, 0.5) is 0 Å². The number of hydrazone groups is 1. The Balaban J connectivity index is 1.68. The van der Waals surface area contributed by atoms with Gasteiger partial charge in [0.2, 0.25) is 0 Å². The Kier molecular flexibility index (Phi) is 5.57. The highest BCUT2D eigenvalue weighted by Crippen LogP contribution is 2.25. The van der Waals surface area contributed by atoms with Crippen LogP contribution >= 0.6 is 0 Å². The van der Waals surface area contributed by atoms with Crippen LogP contribution in [0, 0.1) is 0 Å². The fourth-order valence-electron chi connectivity index (χ4n) is 3.21. The van der Waals surface area contributed by atoms with Crippen molar-refractivity contribution in [1.29, 1.82) is 0 Å². The number of benzene rings is 2. The van der Waals surface area contributed by atoms with Crippen molar-refractivity contribution in [2.75, 3.05) is 7.11 Å². The van der Waals surface area contributed by atoms with E-state index in [1.165, 1.54) is 13.2 Å². The van der Waals surface area contributed by atoms with E-state index in [-0.39, 0.29) is 11.7 Å². The third-order valence-corrected chi connectivity index (χ3v) is 4.81. The second-order valence-corrected chi connectivity index (χ2v) is 6.81. The zero-order chi connectivity index (χ0) is 21.8. The monoisotopic (exact) mass is 412 g/mol. The SMILES string of the molecule is COc1ccc(/C(C)=N/NC(=O)c2cc(-c3ccccn3)nc3ccccc23)c(O)c1. The number of methoxy groups -OCH3 is 1. The number of nitrogens with one attached hydrogen (secondary N) is 1. The number of amides is 1. The first-order valence-corrected chi connectivity index (χ1v) is 9.60. The number of para-hydroxylation sites is 1. The van der Waals surface area contributed by atoms with Crippen molar-refractivity contribution >= 4 is 22.5 Å². The van der Waals surface area contributed by atoms with Crippen LogP contribution in [-0.4, -0.2) is 33.8 Å². The summed E-state index contributed by atoms with van der Waals surface area (Å²) in [6.07, 6.45) is 1.68. The summed E-state index contributed by atoms with van der Waals surface area (Å²) >= 11 is 0. The maximum absolute atomic E-state index is 13.0. The largest absolute Gasteiger partial charge is 0.507 e. The van der Waals surface area contributed by atoms with Crippen molar-refractivity contribution in [3.63, 3.8) is 0 Å². The maximum Gasteiger partial charge on any atom is 0.272 e. The molecule has 0 aliphatic rings. The van der Waals surface area contributed by atoms with Crippen molar-refractivity contribution in [2.24, 2.45) is 5.10 Å². The molecule has 2 N–H and O–H groups in total. The molecule has 4 aromatic rings. The Morgan fingerprint density at radius 1 is 1.00 bits per heavy atom. The van der Waals surface area contributed by atoms with Crippen LogP contribution in [0.2, 0.25) is 0 Å². The summed E-state index contributed by atoms with van der Waals surface area (Å²) in [6, 6.07) is 19.5. The molecule has 2 heterocycles. The standard InChI is InChI=1S/C24H20N4O3/c1-15(17-11-10-16(31-2)13-23(17)29)27-28-24(30)19-14-22(21-9-5-6-12-25-21)26-20-8-4-3-7-18(19)20/h3-14,29H,1-2H3,(H,28,30)/b27-15+. The van der Waals surface area contributed by atoms with Crippen LogP contribution in [-0.2, 0) is 0 Å². The first-order chi connectivity index (χ1) is 15.1. The molecule has 0 aliphatic carbocycles. The number of aromatic nitrogens is 2. The number of pyridine rings is 2. The second-order valence-electron chi connectivity index (χ2n) is 6.81. The Hall–Kier alpha value is -4.26. The quantitative estimate of drug-likeness (QED) is 0.379. The smallest absolute Gasteiger partial charge is 0.272 e. The topological polar surface area (TPSA) is 96.7 Å². The number of hydrogen-bond donors (Lipinski definition) is 2. The maximum atomic E-state index is 13.0. The highest BCUT2D eigenvalue weighted by molar-refractivity contribution is 6.08. The Morgan fingerprint density at radius 2 is 1.81 bits per heavy atom. The lowest BCUT2D eigenvalue weighted by atomic mass is 10.1. The van der Waals surface area contributed by atoms with E-state index in [0.29, 0.717) is 44.9 Å². The molecule has 154 valence electrons. The van der Waals surface area contributed by atoms with Gasteiger partial charge in [0.25, 0.3) is 5.91 Å². The summed E-state index contributed by atoms with van der Waals surface area (Å²) in [5.74, 6) is 0.160. The first-order valence-electron chi connectivity index (χ1n) is 9.60. The minimum Gasteiger partial charge on any atom is -0.507 e. The summed E-state index contributed by atoms with van der Waals surface area (Å²) in [4.78, 5) is 22.0. The first kappa shape index (κ1) is 20.0. The van der Waals surface area contributed by atoms with E-state index in [4.69, 9.17) is 4.74 Å². The van der Waals surface area contributed by atoms with Gasteiger partial charge in [0.1, 0.15) is 11.5 Å².